The number of fused-ring (bicyclic) bond motifs is 2. The monoisotopic (exact) mass is 443 g/mol. The number of hydrogen-bond donors (Lipinski definition) is 1. The second-order valence-corrected chi connectivity index (χ2v) is 9.05. The summed E-state index contributed by atoms with van der Waals surface area (Å²) in [6, 6.07) is 13.2. The zero-order valence-corrected chi connectivity index (χ0v) is 17.6. The molecule has 6 nitrogen and oxygen atoms in total. The summed E-state index contributed by atoms with van der Waals surface area (Å²) in [5.74, 6) is -1.12. The van der Waals surface area contributed by atoms with Crippen LogP contribution in [0.3, 0.4) is 0 Å². The Labute approximate surface area is 184 Å². The van der Waals surface area contributed by atoms with Crippen LogP contribution in [0.25, 0.3) is 0 Å². The number of rotatable bonds is 4. The molecular weight excluding hydrogens is 421 g/mol. The summed E-state index contributed by atoms with van der Waals surface area (Å²) in [6.45, 7) is 1.65. The Morgan fingerprint density at radius 3 is 2.42 bits per heavy atom. The van der Waals surface area contributed by atoms with E-state index in [2.05, 4.69) is 4.90 Å². The maximum atomic E-state index is 14.2. The summed E-state index contributed by atoms with van der Waals surface area (Å²) >= 11 is 6.29. The van der Waals surface area contributed by atoms with Crippen LogP contribution in [0.4, 0.5) is 4.39 Å². The molecule has 2 unspecified atom stereocenters. The minimum atomic E-state index is -0.886. The molecule has 2 aromatic carbocycles. The lowest BCUT2D eigenvalue weighted by atomic mass is 9.82. The number of carbonyl (C=O) groups excluding carboxylic acids is 2. The molecule has 3 saturated heterocycles. The quantitative estimate of drug-likeness (QED) is 0.733. The molecule has 2 atom stereocenters. The van der Waals surface area contributed by atoms with Gasteiger partial charge in [-0.3, -0.25) is 24.3 Å². The van der Waals surface area contributed by atoms with Gasteiger partial charge in [-0.1, -0.05) is 48.0 Å². The number of imide groups is 1. The third kappa shape index (κ3) is 3.36. The number of benzene rings is 2. The molecule has 0 saturated carbocycles. The topological polar surface area (TPSA) is 64.1 Å². The maximum absolute atomic E-state index is 14.2. The van der Waals surface area contributed by atoms with Gasteiger partial charge < -0.3 is 5.11 Å². The molecule has 0 bridgehead atoms. The minimum Gasteiger partial charge on any atom is -0.392 e. The molecule has 3 aliphatic rings. The van der Waals surface area contributed by atoms with E-state index in [1.807, 2.05) is 29.2 Å². The molecular formula is C23H23ClFN3O3. The predicted octanol–water partition coefficient (Wildman–Crippen LogP) is 2.04. The molecule has 0 aromatic heterocycles. The lowest BCUT2D eigenvalue weighted by Crippen LogP contribution is -2.81. The molecule has 1 spiro atoms. The molecule has 5 rings (SSSR count). The Balaban J connectivity index is 1.41. The minimum absolute atomic E-state index is 0.100. The Morgan fingerprint density at radius 1 is 1.03 bits per heavy atom. The third-order valence-corrected chi connectivity index (χ3v) is 7.00. The number of nitrogens with zero attached hydrogens (tertiary/aromatic N) is 3. The van der Waals surface area contributed by atoms with Gasteiger partial charge in [0.2, 0.25) is 5.91 Å². The Kier molecular flexibility index (Phi) is 5.09. The predicted molar refractivity (Wildman–Crippen MR) is 113 cm³/mol. The van der Waals surface area contributed by atoms with Gasteiger partial charge in [0.1, 0.15) is 11.4 Å². The highest BCUT2D eigenvalue weighted by Crippen LogP contribution is 2.41. The summed E-state index contributed by atoms with van der Waals surface area (Å²) in [4.78, 5) is 31.9. The number of aliphatic hydroxyl groups is 1. The van der Waals surface area contributed by atoms with E-state index in [1.54, 1.807) is 18.2 Å². The number of halogens is 2. The van der Waals surface area contributed by atoms with E-state index in [0.717, 1.165) is 5.56 Å². The lowest BCUT2D eigenvalue weighted by Gasteiger charge is -2.58. The number of amides is 2. The first-order valence-corrected chi connectivity index (χ1v) is 10.8. The second kappa shape index (κ2) is 7.67. The van der Waals surface area contributed by atoms with E-state index in [9.17, 15) is 19.1 Å². The Morgan fingerprint density at radius 2 is 1.71 bits per heavy atom. The highest BCUT2D eigenvalue weighted by molar-refractivity contribution is 6.31. The van der Waals surface area contributed by atoms with Crippen LogP contribution in [0, 0.1) is 5.82 Å². The number of hydrogen-bond acceptors (Lipinski definition) is 5. The molecule has 2 amide bonds. The number of carbonyl (C=O) groups is 2. The summed E-state index contributed by atoms with van der Waals surface area (Å²) < 4.78 is 14.2. The van der Waals surface area contributed by atoms with Gasteiger partial charge in [-0.25, -0.2) is 4.39 Å². The smallest absolute Gasteiger partial charge is 0.252 e. The van der Waals surface area contributed by atoms with Crippen LogP contribution in [-0.2, 0) is 22.7 Å². The van der Waals surface area contributed by atoms with Crippen molar-refractivity contribution in [3.63, 3.8) is 0 Å². The van der Waals surface area contributed by atoms with Crippen molar-refractivity contribution < 1.29 is 19.1 Å². The largest absolute Gasteiger partial charge is 0.392 e. The van der Waals surface area contributed by atoms with E-state index < -0.39 is 23.5 Å². The number of aliphatic hydroxyl groups excluding tert-OH is 1. The van der Waals surface area contributed by atoms with Crippen LogP contribution in [0.15, 0.2) is 48.5 Å². The zero-order valence-electron chi connectivity index (χ0n) is 16.9. The van der Waals surface area contributed by atoms with Crippen molar-refractivity contribution in [2.24, 2.45) is 0 Å². The van der Waals surface area contributed by atoms with Crippen molar-refractivity contribution in [3.05, 3.63) is 70.5 Å². The second-order valence-electron chi connectivity index (χ2n) is 8.65. The van der Waals surface area contributed by atoms with Crippen LogP contribution in [0.5, 0.6) is 0 Å². The van der Waals surface area contributed by atoms with E-state index >= 15 is 0 Å². The van der Waals surface area contributed by atoms with Gasteiger partial charge in [0.25, 0.3) is 5.91 Å². The number of β-amino-alcohol motifs (C(OH)–C–C–N with tert-alkyl or cyclic N) is 1. The van der Waals surface area contributed by atoms with Gasteiger partial charge >= 0.3 is 0 Å². The van der Waals surface area contributed by atoms with Crippen LogP contribution in [0.1, 0.15) is 17.5 Å². The summed E-state index contributed by atoms with van der Waals surface area (Å²) in [7, 11) is 0. The first kappa shape index (κ1) is 20.6. The molecule has 31 heavy (non-hydrogen) atoms. The first-order valence-electron chi connectivity index (χ1n) is 10.4. The third-order valence-electron chi connectivity index (χ3n) is 6.63. The first-order chi connectivity index (χ1) is 14.9. The fourth-order valence-corrected chi connectivity index (χ4v) is 5.31. The van der Waals surface area contributed by atoms with Crippen molar-refractivity contribution in [1.82, 2.24) is 14.7 Å². The van der Waals surface area contributed by atoms with Crippen LogP contribution < -0.4 is 0 Å². The molecule has 162 valence electrons. The molecule has 8 heteroatoms. The highest BCUT2D eigenvalue weighted by Gasteiger charge is 2.64. The normalized spacial score (nSPS) is 25.7. The fourth-order valence-electron chi connectivity index (χ4n) is 5.11. The van der Waals surface area contributed by atoms with Crippen molar-refractivity contribution >= 4 is 23.4 Å². The van der Waals surface area contributed by atoms with Crippen molar-refractivity contribution in [3.8, 4) is 0 Å². The van der Waals surface area contributed by atoms with Crippen molar-refractivity contribution in [1.29, 1.82) is 0 Å². The van der Waals surface area contributed by atoms with Crippen LogP contribution in [-0.4, -0.2) is 68.9 Å². The van der Waals surface area contributed by atoms with Crippen LogP contribution >= 0.6 is 11.6 Å². The van der Waals surface area contributed by atoms with Gasteiger partial charge in [0.15, 0.2) is 0 Å². The van der Waals surface area contributed by atoms with Crippen molar-refractivity contribution in [2.45, 2.75) is 37.2 Å². The lowest BCUT2D eigenvalue weighted by molar-refractivity contribution is -0.181. The van der Waals surface area contributed by atoms with Gasteiger partial charge in [-0.05, 0) is 24.1 Å². The molecule has 1 N–H and O–H groups in total. The van der Waals surface area contributed by atoms with Gasteiger partial charge in [0, 0.05) is 36.8 Å². The Hall–Kier alpha value is -2.32. The highest BCUT2D eigenvalue weighted by atomic mass is 35.5. The number of piperazine rings is 1. The molecule has 0 radical (unpaired) electrons. The molecule has 0 aliphatic carbocycles. The average Bonchev–Trinajstić information content (AvgIpc) is 3.11. The number of likely N-dealkylation sites (tertiary alicyclic amines) is 1. The molecule has 2 aromatic rings. The molecule has 3 fully saturated rings. The summed E-state index contributed by atoms with van der Waals surface area (Å²) in [5, 5.41) is 10.9. The van der Waals surface area contributed by atoms with E-state index in [0.29, 0.717) is 30.2 Å². The van der Waals surface area contributed by atoms with Gasteiger partial charge in [-0.15, -0.1) is 0 Å². The van der Waals surface area contributed by atoms with E-state index in [4.69, 9.17) is 11.6 Å². The van der Waals surface area contributed by atoms with E-state index in [-0.39, 0.29) is 31.3 Å². The van der Waals surface area contributed by atoms with Gasteiger partial charge in [0.05, 0.1) is 18.7 Å². The molecule has 3 heterocycles. The Bertz CT molecular complexity index is 1040. The summed E-state index contributed by atoms with van der Waals surface area (Å²) in [5.41, 5.74) is 0.390. The average molecular weight is 444 g/mol. The molecule has 3 aliphatic heterocycles. The van der Waals surface area contributed by atoms with E-state index in [1.165, 1.54) is 11.0 Å². The summed E-state index contributed by atoms with van der Waals surface area (Å²) in [6.07, 6.45) is -0.378. The zero-order chi connectivity index (χ0) is 21.8. The van der Waals surface area contributed by atoms with Crippen molar-refractivity contribution in [2.75, 3.05) is 19.6 Å². The van der Waals surface area contributed by atoms with Gasteiger partial charge in [-0.2, -0.15) is 0 Å². The fraction of sp³-hybridized carbons (Fsp3) is 0.391. The maximum Gasteiger partial charge on any atom is 0.252 e. The van der Waals surface area contributed by atoms with Crippen LogP contribution in [0.2, 0.25) is 5.02 Å². The SMILES string of the molecule is O=C1C2CC(O)CN2C2(CN(Cc3ccccc3Cl)C2)C(=O)N1Cc1ccccc1F. The standard InChI is InChI=1S/C23H23ClFN3O3/c24-18-7-3-1-5-15(18)10-26-13-23(14-26)22(31)27(11-16-6-2-4-8-19(16)25)21(30)20-9-17(29)12-28(20)23/h1-8,17,20,29H,9-14H2.